The third kappa shape index (κ3) is 5.14. The Morgan fingerprint density at radius 1 is 1.28 bits per heavy atom. The summed E-state index contributed by atoms with van der Waals surface area (Å²) in [6.45, 7) is 7.97. The Morgan fingerprint density at radius 3 is 2.66 bits per heavy atom. The lowest BCUT2D eigenvalue weighted by Gasteiger charge is -2.15. The average molecular weight is 397 g/mol. The van der Waals surface area contributed by atoms with Crippen molar-refractivity contribution in [2.24, 2.45) is 16.6 Å². The molecular weight excluding hydrogens is 370 g/mol. The Hall–Kier alpha value is -3.33. The van der Waals surface area contributed by atoms with Gasteiger partial charge in [-0.1, -0.05) is 32.9 Å². The molecule has 0 unspecified atom stereocenters. The van der Waals surface area contributed by atoms with E-state index in [1.165, 1.54) is 0 Å². The molecule has 0 saturated carbocycles. The number of hydrogen-bond donors (Lipinski definition) is 4. The van der Waals surface area contributed by atoms with Gasteiger partial charge in [0.25, 0.3) is 0 Å². The lowest BCUT2D eigenvalue weighted by atomic mass is 9.92. The van der Waals surface area contributed by atoms with Gasteiger partial charge >= 0.3 is 5.69 Å². The Kier molecular flexibility index (Phi) is 5.88. The van der Waals surface area contributed by atoms with Gasteiger partial charge in [-0.3, -0.25) is 4.57 Å². The van der Waals surface area contributed by atoms with E-state index in [-0.39, 0.29) is 17.1 Å². The Labute approximate surface area is 168 Å². The first-order chi connectivity index (χ1) is 13.7. The van der Waals surface area contributed by atoms with Gasteiger partial charge in [0.1, 0.15) is 12.3 Å². The van der Waals surface area contributed by atoms with Crippen LogP contribution in [0.4, 0.5) is 0 Å². The molecule has 9 heteroatoms. The molecule has 154 valence electrons. The van der Waals surface area contributed by atoms with Crippen LogP contribution in [0.15, 0.2) is 46.5 Å². The van der Waals surface area contributed by atoms with E-state index < -0.39 is 0 Å². The maximum atomic E-state index is 12.5. The van der Waals surface area contributed by atoms with Crippen molar-refractivity contribution in [3.05, 3.63) is 58.3 Å². The number of aromatic amines is 1. The van der Waals surface area contributed by atoms with Gasteiger partial charge in [-0.25, -0.2) is 4.79 Å². The van der Waals surface area contributed by atoms with Crippen molar-refractivity contribution in [2.45, 2.75) is 32.7 Å². The third-order valence-electron chi connectivity index (χ3n) is 4.40. The SMILES string of the molecule is CC(C)(C)c1cc2cn(-c3ccc(CNCCON=C(N)N)cc3)c(=O)nc2[nH]1. The van der Waals surface area contributed by atoms with E-state index in [9.17, 15) is 4.79 Å². The smallest absolute Gasteiger partial charge is 0.354 e. The molecule has 0 bridgehead atoms. The summed E-state index contributed by atoms with van der Waals surface area (Å²) in [6, 6.07) is 9.78. The largest absolute Gasteiger partial charge is 0.392 e. The molecule has 6 N–H and O–H groups in total. The molecule has 0 spiro atoms. The van der Waals surface area contributed by atoms with Gasteiger partial charge < -0.3 is 26.6 Å². The molecule has 0 fully saturated rings. The Morgan fingerprint density at radius 2 is 2.00 bits per heavy atom. The summed E-state index contributed by atoms with van der Waals surface area (Å²) in [5, 5.41) is 7.58. The summed E-state index contributed by atoms with van der Waals surface area (Å²) in [7, 11) is 0. The van der Waals surface area contributed by atoms with Crippen LogP contribution in [0.2, 0.25) is 0 Å². The van der Waals surface area contributed by atoms with Crippen molar-refractivity contribution < 1.29 is 4.84 Å². The van der Waals surface area contributed by atoms with Gasteiger partial charge in [0.15, 0.2) is 0 Å². The van der Waals surface area contributed by atoms with Crippen LogP contribution in [0.25, 0.3) is 16.7 Å². The molecule has 0 aliphatic rings. The van der Waals surface area contributed by atoms with Crippen LogP contribution in [0, 0.1) is 0 Å². The molecule has 9 nitrogen and oxygen atoms in total. The molecule has 29 heavy (non-hydrogen) atoms. The van der Waals surface area contributed by atoms with E-state index in [0.717, 1.165) is 22.3 Å². The van der Waals surface area contributed by atoms with Gasteiger partial charge in [-0.15, -0.1) is 0 Å². The Bertz CT molecular complexity index is 1060. The van der Waals surface area contributed by atoms with E-state index >= 15 is 0 Å². The van der Waals surface area contributed by atoms with E-state index in [4.69, 9.17) is 16.3 Å². The highest BCUT2D eigenvalue weighted by Crippen LogP contribution is 2.24. The zero-order chi connectivity index (χ0) is 21.0. The van der Waals surface area contributed by atoms with Crippen molar-refractivity contribution in [1.29, 1.82) is 0 Å². The predicted octanol–water partition coefficient (Wildman–Crippen LogP) is 1.31. The maximum Gasteiger partial charge on any atom is 0.354 e. The quantitative estimate of drug-likeness (QED) is 0.205. The molecule has 0 aliphatic heterocycles. The second-order valence-electron chi connectivity index (χ2n) is 7.82. The number of nitrogens with zero attached hydrogens (tertiary/aromatic N) is 3. The van der Waals surface area contributed by atoms with Crippen LogP contribution in [-0.4, -0.2) is 33.6 Å². The van der Waals surface area contributed by atoms with Crippen LogP contribution in [-0.2, 0) is 16.8 Å². The van der Waals surface area contributed by atoms with Gasteiger partial charge in [0.05, 0.1) is 5.69 Å². The van der Waals surface area contributed by atoms with Gasteiger partial charge in [0.2, 0.25) is 5.96 Å². The highest BCUT2D eigenvalue weighted by molar-refractivity contribution is 5.76. The summed E-state index contributed by atoms with van der Waals surface area (Å²) >= 11 is 0. The molecule has 3 rings (SSSR count). The highest BCUT2D eigenvalue weighted by Gasteiger charge is 2.17. The number of benzene rings is 1. The van der Waals surface area contributed by atoms with Crippen molar-refractivity contribution in [3.8, 4) is 5.69 Å². The maximum absolute atomic E-state index is 12.5. The minimum atomic E-state index is -0.317. The molecule has 0 amide bonds. The molecule has 0 aliphatic carbocycles. The number of aromatic nitrogens is 3. The summed E-state index contributed by atoms with van der Waals surface area (Å²) in [5.41, 5.74) is 13.5. The summed E-state index contributed by atoms with van der Waals surface area (Å²) < 4.78 is 1.56. The minimum absolute atomic E-state index is 0.0441. The summed E-state index contributed by atoms with van der Waals surface area (Å²) in [6.07, 6.45) is 1.82. The number of H-pyrrole nitrogens is 1. The summed E-state index contributed by atoms with van der Waals surface area (Å²) in [5.74, 6) is -0.0993. The van der Waals surface area contributed by atoms with Crippen LogP contribution < -0.4 is 22.5 Å². The monoisotopic (exact) mass is 397 g/mol. The molecule has 0 radical (unpaired) electrons. The molecule has 1 aromatic carbocycles. The molecular formula is C20H27N7O2. The van der Waals surface area contributed by atoms with Crippen molar-refractivity contribution >= 4 is 17.0 Å². The zero-order valence-corrected chi connectivity index (χ0v) is 16.9. The van der Waals surface area contributed by atoms with Crippen molar-refractivity contribution in [2.75, 3.05) is 13.2 Å². The lowest BCUT2D eigenvalue weighted by molar-refractivity contribution is 0.145. The van der Waals surface area contributed by atoms with Crippen LogP contribution >= 0.6 is 0 Å². The second kappa shape index (κ2) is 8.36. The van der Waals surface area contributed by atoms with Crippen molar-refractivity contribution in [3.63, 3.8) is 0 Å². The zero-order valence-electron chi connectivity index (χ0n) is 16.9. The Balaban J connectivity index is 1.69. The fourth-order valence-corrected chi connectivity index (χ4v) is 2.83. The number of guanidine groups is 1. The molecule has 0 atom stereocenters. The van der Waals surface area contributed by atoms with Crippen LogP contribution in [0.3, 0.4) is 0 Å². The van der Waals surface area contributed by atoms with E-state index in [1.807, 2.05) is 36.5 Å². The minimum Gasteiger partial charge on any atom is -0.392 e. The van der Waals surface area contributed by atoms with Gasteiger partial charge in [0, 0.05) is 35.8 Å². The predicted molar refractivity (Wildman–Crippen MR) is 114 cm³/mol. The number of rotatable bonds is 7. The number of nitrogens with two attached hydrogens (primary N) is 2. The molecule has 2 aromatic heterocycles. The van der Waals surface area contributed by atoms with Crippen molar-refractivity contribution in [1.82, 2.24) is 19.9 Å². The molecule has 3 aromatic rings. The van der Waals surface area contributed by atoms with Gasteiger partial charge in [-0.05, 0) is 28.9 Å². The first-order valence-electron chi connectivity index (χ1n) is 9.38. The van der Waals surface area contributed by atoms with E-state index in [0.29, 0.717) is 25.3 Å². The standard InChI is InChI=1S/C20H27N7O2/c1-20(2,3)16-10-14-12-27(19(28)25-17(14)24-16)15-6-4-13(5-7-15)11-23-8-9-29-26-18(21)22/h4-7,10,12,23H,8-9,11H2,1-3H3,(H4,21,22,26)(H,24,25,28). The average Bonchev–Trinajstić information content (AvgIpc) is 3.07. The fourth-order valence-electron chi connectivity index (χ4n) is 2.83. The normalized spacial score (nSPS) is 11.6. The molecule has 2 heterocycles. The second-order valence-corrected chi connectivity index (χ2v) is 7.82. The number of fused-ring (bicyclic) bond motifs is 1. The van der Waals surface area contributed by atoms with E-state index in [2.05, 4.69) is 41.2 Å². The number of hydrogen-bond acceptors (Lipinski definition) is 5. The fraction of sp³-hybridized carbons (Fsp3) is 0.350. The van der Waals surface area contributed by atoms with Gasteiger partial charge in [-0.2, -0.15) is 4.98 Å². The highest BCUT2D eigenvalue weighted by atomic mass is 16.6. The third-order valence-corrected chi connectivity index (χ3v) is 4.40. The van der Waals surface area contributed by atoms with Crippen LogP contribution in [0.1, 0.15) is 32.0 Å². The van der Waals surface area contributed by atoms with Crippen LogP contribution in [0.5, 0.6) is 0 Å². The lowest BCUT2D eigenvalue weighted by Crippen LogP contribution is -2.24. The summed E-state index contributed by atoms with van der Waals surface area (Å²) in [4.78, 5) is 24.8. The molecule has 0 saturated heterocycles. The topological polar surface area (TPSA) is 136 Å². The first kappa shape index (κ1) is 20.4. The first-order valence-corrected chi connectivity index (χ1v) is 9.38. The number of nitrogens with one attached hydrogen (secondary N) is 2. The van der Waals surface area contributed by atoms with E-state index in [1.54, 1.807) is 4.57 Å². The number of oxime groups is 1.